The first kappa shape index (κ1) is 13.8. The van der Waals surface area contributed by atoms with Gasteiger partial charge in [-0.1, -0.05) is 36.7 Å². The molecule has 0 spiro atoms. The monoisotopic (exact) mass is 276 g/mol. The molecular weight excluding hydrogens is 260 g/mol. The third-order valence-corrected chi connectivity index (χ3v) is 3.18. The summed E-state index contributed by atoms with van der Waals surface area (Å²) in [5.41, 5.74) is 7.02. The van der Waals surface area contributed by atoms with Crippen molar-refractivity contribution in [2.75, 3.05) is 0 Å². The van der Waals surface area contributed by atoms with Crippen LogP contribution in [0.5, 0.6) is 11.6 Å². The summed E-state index contributed by atoms with van der Waals surface area (Å²) in [6.07, 6.45) is 3.58. The van der Waals surface area contributed by atoms with E-state index in [2.05, 4.69) is 11.9 Å². The van der Waals surface area contributed by atoms with Crippen molar-refractivity contribution in [3.8, 4) is 11.6 Å². The van der Waals surface area contributed by atoms with Crippen LogP contribution < -0.4 is 10.5 Å². The Hall–Kier alpha value is -1.58. The fourth-order valence-electron chi connectivity index (χ4n) is 1.68. The summed E-state index contributed by atoms with van der Waals surface area (Å²) >= 11 is 6.02. The first-order chi connectivity index (χ1) is 9.19. The number of nitrogens with two attached hydrogens (primary N) is 1. The second kappa shape index (κ2) is 6.55. The van der Waals surface area contributed by atoms with Gasteiger partial charge in [0.25, 0.3) is 0 Å². The molecule has 0 aliphatic rings. The van der Waals surface area contributed by atoms with Crippen molar-refractivity contribution in [2.45, 2.75) is 25.8 Å². The molecule has 1 unspecified atom stereocenters. The van der Waals surface area contributed by atoms with Crippen LogP contribution in [-0.4, -0.2) is 11.0 Å². The van der Waals surface area contributed by atoms with Crippen molar-refractivity contribution in [3.05, 3.63) is 53.2 Å². The molecule has 0 amide bonds. The highest BCUT2D eigenvalue weighted by Crippen LogP contribution is 2.27. The highest BCUT2D eigenvalue weighted by Gasteiger charge is 2.05. The third kappa shape index (κ3) is 3.94. The maximum absolute atomic E-state index is 6.02. The van der Waals surface area contributed by atoms with Crippen molar-refractivity contribution in [1.82, 2.24) is 4.98 Å². The molecule has 3 nitrogen and oxygen atoms in total. The van der Waals surface area contributed by atoms with E-state index in [-0.39, 0.29) is 6.04 Å². The summed E-state index contributed by atoms with van der Waals surface area (Å²) in [4.78, 5) is 4.27. The smallest absolute Gasteiger partial charge is 0.219 e. The molecule has 1 aromatic heterocycles. The van der Waals surface area contributed by atoms with Crippen molar-refractivity contribution in [2.24, 2.45) is 5.73 Å². The lowest BCUT2D eigenvalue weighted by Crippen LogP contribution is -2.21. The van der Waals surface area contributed by atoms with Crippen LogP contribution in [0.15, 0.2) is 42.6 Å². The second-order valence-corrected chi connectivity index (χ2v) is 4.82. The Balaban J connectivity index is 2.05. The first-order valence-electron chi connectivity index (χ1n) is 6.32. The molecule has 2 rings (SSSR count). The van der Waals surface area contributed by atoms with E-state index in [4.69, 9.17) is 22.1 Å². The molecule has 1 atom stereocenters. The maximum atomic E-state index is 6.02. The number of nitrogens with zero attached hydrogens (tertiary/aromatic N) is 1. The van der Waals surface area contributed by atoms with Gasteiger partial charge in [0.1, 0.15) is 5.75 Å². The molecule has 2 aromatic rings. The quantitative estimate of drug-likeness (QED) is 0.903. The van der Waals surface area contributed by atoms with E-state index in [0.717, 1.165) is 18.4 Å². The van der Waals surface area contributed by atoms with Crippen LogP contribution in [0.3, 0.4) is 0 Å². The first-order valence-corrected chi connectivity index (χ1v) is 6.69. The third-order valence-electron chi connectivity index (χ3n) is 2.87. The zero-order valence-corrected chi connectivity index (χ0v) is 11.6. The average Bonchev–Trinajstić information content (AvgIpc) is 2.43. The standard InChI is InChI=1S/C15H17ClN2O/c1-2-12(17)9-11-7-8-15(18-10-11)19-14-6-4-3-5-13(14)16/h3-8,10,12H,2,9,17H2,1H3. The van der Waals surface area contributed by atoms with E-state index in [9.17, 15) is 0 Å². The van der Waals surface area contributed by atoms with Crippen molar-refractivity contribution < 1.29 is 4.74 Å². The molecular formula is C15H17ClN2O. The molecule has 0 fully saturated rings. The Morgan fingerprint density at radius 1 is 1.26 bits per heavy atom. The van der Waals surface area contributed by atoms with Gasteiger partial charge in [-0.15, -0.1) is 0 Å². The van der Waals surface area contributed by atoms with Crippen LogP contribution in [0.2, 0.25) is 5.02 Å². The van der Waals surface area contributed by atoms with E-state index >= 15 is 0 Å². The van der Waals surface area contributed by atoms with E-state index < -0.39 is 0 Å². The lowest BCUT2D eigenvalue weighted by molar-refractivity contribution is 0.462. The van der Waals surface area contributed by atoms with Crippen LogP contribution in [0.4, 0.5) is 0 Å². The lowest BCUT2D eigenvalue weighted by Gasteiger charge is -2.09. The summed E-state index contributed by atoms with van der Waals surface area (Å²) in [7, 11) is 0. The number of aromatic nitrogens is 1. The molecule has 0 saturated heterocycles. The van der Waals surface area contributed by atoms with E-state index in [0.29, 0.717) is 16.7 Å². The summed E-state index contributed by atoms with van der Waals surface area (Å²) in [6.45, 7) is 2.08. The minimum Gasteiger partial charge on any atom is -0.437 e. The summed E-state index contributed by atoms with van der Waals surface area (Å²) in [6, 6.07) is 11.3. The fraction of sp³-hybridized carbons (Fsp3) is 0.267. The van der Waals surface area contributed by atoms with Crippen molar-refractivity contribution in [1.29, 1.82) is 0 Å². The van der Waals surface area contributed by atoms with Crippen LogP contribution >= 0.6 is 11.6 Å². The second-order valence-electron chi connectivity index (χ2n) is 4.41. The van der Waals surface area contributed by atoms with Gasteiger partial charge in [-0.2, -0.15) is 0 Å². The zero-order chi connectivity index (χ0) is 13.7. The van der Waals surface area contributed by atoms with Crippen LogP contribution in [0.25, 0.3) is 0 Å². The Morgan fingerprint density at radius 2 is 2.05 bits per heavy atom. The topological polar surface area (TPSA) is 48.1 Å². The normalized spacial score (nSPS) is 12.2. The van der Waals surface area contributed by atoms with Crippen molar-refractivity contribution in [3.63, 3.8) is 0 Å². The largest absolute Gasteiger partial charge is 0.437 e. The zero-order valence-electron chi connectivity index (χ0n) is 10.8. The molecule has 19 heavy (non-hydrogen) atoms. The van der Waals surface area contributed by atoms with Gasteiger partial charge in [0.15, 0.2) is 0 Å². The summed E-state index contributed by atoms with van der Waals surface area (Å²) < 4.78 is 5.62. The number of benzene rings is 1. The Bertz CT molecular complexity index is 528. The van der Waals surface area contributed by atoms with Gasteiger partial charge < -0.3 is 10.5 Å². The minimum atomic E-state index is 0.178. The van der Waals surface area contributed by atoms with Crippen molar-refractivity contribution >= 4 is 11.6 Å². The minimum absolute atomic E-state index is 0.178. The predicted molar refractivity (Wildman–Crippen MR) is 77.7 cm³/mol. The molecule has 0 aliphatic carbocycles. The number of para-hydroxylation sites is 1. The number of hydrogen-bond acceptors (Lipinski definition) is 3. The molecule has 100 valence electrons. The molecule has 0 radical (unpaired) electrons. The number of ether oxygens (including phenoxy) is 1. The Morgan fingerprint density at radius 3 is 2.68 bits per heavy atom. The SMILES string of the molecule is CCC(N)Cc1ccc(Oc2ccccc2Cl)nc1. The number of halogens is 1. The Labute approximate surface area is 118 Å². The molecule has 0 bridgehead atoms. The number of rotatable bonds is 5. The van der Waals surface area contributed by atoms with Crippen LogP contribution in [0, 0.1) is 0 Å². The van der Waals surface area contributed by atoms with Gasteiger partial charge in [0, 0.05) is 18.3 Å². The van der Waals surface area contributed by atoms with Gasteiger partial charge in [-0.05, 0) is 30.5 Å². The van der Waals surface area contributed by atoms with Crippen LogP contribution in [0.1, 0.15) is 18.9 Å². The molecule has 0 saturated carbocycles. The molecule has 2 N–H and O–H groups in total. The molecule has 4 heteroatoms. The summed E-state index contributed by atoms with van der Waals surface area (Å²) in [5, 5.41) is 0.571. The summed E-state index contributed by atoms with van der Waals surface area (Å²) in [5.74, 6) is 1.14. The number of hydrogen-bond donors (Lipinski definition) is 1. The van der Waals surface area contributed by atoms with Gasteiger partial charge in [0.2, 0.25) is 5.88 Å². The van der Waals surface area contributed by atoms with E-state index in [1.165, 1.54) is 0 Å². The lowest BCUT2D eigenvalue weighted by atomic mass is 10.1. The number of pyridine rings is 1. The maximum Gasteiger partial charge on any atom is 0.219 e. The van der Waals surface area contributed by atoms with Gasteiger partial charge in [-0.25, -0.2) is 4.98 Å². The van der Waals surface area contributed by atoms with Crippen LogP contribution in [-0.2, 0) is 6.42 Å². The highest BCUT2D eigenvalue weighted by molar-refractivity contribution is 6.32. The molecule has 1 heterocycles. The molecule has 1 aromatic carbocycles. The molecule has 0 aliphatic heterocycles. The van der Waals surface area contributed by atoms with Gasteiger partial charge in [0.05, 0.1) is 5.02 Å². The van der Waals surface area contributed by atoms with Gasteiger partial charge >= 0.3 is 0 Å². The predicted octanol–water partition coefficient (Wildman–Crippen LogP) is 3.81. The Kier molecular flexibility index (Phi) is 4.77. The van der Waals surface area contributed by atoms with Gasteiger partial charge in [-0.3, -0.25) is 0 Å². The van der Waals surface area contributed by atoms with E-state index in [1.54, 1.807) is 12.3 Å². The average molecular weight is 277 g/mol. The van der Waals surface area contributed by atoms with E-state index in [1.807, 2.05) is 30.3 Å². The highest BCUT2D eigenvalue weighted by atomic mass is 35.5. The fourth-order valence-corrected chi connectivity index (χ4v) is 1.85.